The third-order valence-electron chi connectivity index (χ3n) is 3.44. The highest BCUT2D eigenvalue weighted by Gasteiger charge is 2.46. The Morgan fingerprint density at radius 3 is 2.45 bits per heavy atom. The molecule has 0 aromatic heterocycles. The predicted octanol–water partition coefficient (Wildman–Crippen LogP) is 5.24. The minimum atomic E-state index is -0.604. The molecule has 0 fully saturated rings. The van der Waals surface area contributed by atoms with E-state index < -0.39 is 4.32 Å². The van der Waals surface area contributed by atoms with Crippen LogP contribution in [-0.2, 0) is 0 Å². The molecule has 0 amide bonds. The lowest BCUT2D eigenvalue weighted by molar-refractivity contribution is 0.0950. The lowest BCUT2D eigenvalue weighted by atomic mass is 9.92. The van der Waals surface area contributed by atoms with E-state index in [0.717, 1.165) is 16.0 Å². The van der Waals surface area contributed by atoms with Gasteiger partial charge in [0.05, 0.1) is 4.83 Å². The first kappa shape index (κ1) is 14.4. The van der Waals surface area contributed by atoms with Crippen molar-refractivity contribution in [3.05, 3.63) is 65.7 Å². The Morgan fingerprint density at radius 1 is 1.05 bits per heavy atom. The first-order chi connectivity index (χ1) is 9.63. The highest BCUT2D eigenvalue weighted by Crippen LogP contribution is 2.49. The van der Waals surface area contributed by atoms with Gasteiger partial charge in [0, 0.05) is 16.2 Å². The summed E-state index contributed by atoms with van der Waals surface area (Å²) in [4.78, 5) is 13.9. The second-order valence-electron chi connectivity index (χ2n) is 4.75. The molecule has 20 heavy (non-hydrogen) atoms. The van der Waals surface area contributed by atoms with Gasteiger partial charge in [-0.15, -0.1) is 11.8 Å². The second kappa shape index (κ2) is 5.66. The van der Waals surface area contributed by atoms with E-state index in [0.29, 0.717) is 5.75 Å². The highest BCUT2D eigenvalue weighted by atomic mass is 79.9. The monoisotopic (exact) mass is 410 g/mol. The Kier molecular flexibility index (Phi) is 4.07. The Bertz CT molecular complexity index is 644. The summed E-state index contributed by atoms with van der Waals surface area (Å²) in [5.41, 5.74) is 1.92. The quantitative estimate of drug-likeness (QED) is 0.628. The van der Waals surface area contributed by atoms with E-state index >= 15 is 0 Å². The summed E-state index contributed by atoms with van der Waals surface area (Å²) in [7, 11) is 0. The molecule has 1 aliphatic heterocycles. The largest absolute Gasteiger partial charge is 0.292 e. The normalized spacial score (nSPS) is 23.2. The minimum Gasteiger partial charge on any atom is -0.292 e. The topological polar surface area (TPSA) is 17.1 Å². The molecule has 3 rings (SSSR count). The van der Waals surface area contributed by atoms with Crippen LogP contribution in [0, 0.1) is 0 Å². The first-order valence-corrected chi connectivity index (χ1v) is 8.97. The van der Waals surface area contributed by atoms with Crippen LogP contribution in [0.4, 0.5) is 0 Å². The number of benzene rings is 2. The fraction of sp³-hybridized carbons (Fsp3) is 0.188. The van der Waals surface area contributed by atoms with E-state index in [1.165, 1.54) is 0 Å². The molecule has 102 valence electrons. The van der Waals surface area contributed by atoms with E-state index in [1.807, 2.05) is 54.6 Å². The Hall–Kier alpha value is -0.580. The van der Waals surface area contributed by atoms with Gasteiger partial charge in [-0.1, -0.05) is 80.4 Å². The van der Waals surface area contributed by atoms with Gasteiger partial charge in [0.25, 0.3) is 0 Å². The highest BCUT2D eigenvalue weighted by molar-refractivity contribution is 9.12. The summed E-state index contributed by atoms with van der Waals surface area (Å²) in [5.74, 6) is 0.866. The second-order valence-corrected chi connectivity index (χ2v) is 8.10. The lowest BCUT2D eigenvalue weighted by Crippen LogP contribution is -2.41. The maximum absolute atomic E-state index is 12.9. The minimum absolute atomic E-state index is 0.0513. The van der Waals surface area contributed by atoms with Crippen molar-refractivity contribution in [3.8, 4) is 0 Å². The number of hydrogen-bond acceptors (Lipinski definition) is 2. The number of thioether (sulfide) groups is 1. The Morgan fingerprint density at radius 2 is 1.70 bits per heavy atom. The van der Waals surface area contributed by atoms with Crippen LogP contribution < -0.4 is 0 Å². The van der Waals surface area contributed by atoms with Gasteiger partial charge in [0.2, 0.25) is 0 Å². The van der Waals surface area contributed by atoms with Crippen molar-refractivity contribution in [2.45, 2.75) is 14.0 Å². The number of carbonyl (C=O) groups excluding carboxylic acids is 1. The number of alkyl halides is 2. The summed E-state index contributed by atoms with van der Waals surface area (Å²) in [5, 5.41) is 0. The summed E-state index contributed by atoms with van der Waals surface area (Å²) in [6.07, 6.45) is 0. The third-order valence-corrected chi connectivity index (χ3v) is 8.10. The number of hydrogen-bond donors (Lipinski definition) is 0. The number of Topliss-reactive ketones (excluding diaryl/α,β-unsaturated/α-hetero) is 1. The predicted molar refractivity (Wildman–Crippen MR) is 91.3 cm³/mol. The van der Waals surface area contributed by atoms with Crippen LogP contribution >= 0.6 is 43.6 Å². The molecule has 0 saturated carbocycles. The molecule has 0 saturated heterocycles. The van der Waals surface area contributed by atoms with E-state index in [9.17, 15) is 4.79 Å². The number of carbonyl (C=O) groups is 1. The molecule has 0 radical (unpaired) electrons. The lowest BCUT2D eigenvalue weighted by Gasteiger charge is -2.35. The molecule has 1 aliphatic rings. The molecular formula is C16H12Br2OS. The zero-order valence-corrected chi connectivity index (χ0v) is 14.5. The average molecular weight is 412 g/mol. The van der Waals surface area contributed by atoms with Crippen LogP contribution in [0.5, 0.6) is 0 Å². The molecule has 2 aromatic rings. The average Bonchev–Trinajstić information content (AvgIpc) is 2.51. The number of ketones is 1. The van der Waals surface area contributed by atoms with E-state index in [-0.39, 0.29) is 10.6 Å². The standard InChI is InChI=1S/C16H12Br2OS/c17-14(11-6-2-1-3-7-11)16(18)10-20-13-9-5-4-8-12(13)15(16)19/h1-9,14H,10H2/t14-,16-/m1/s1. The fourth-order valence-corrected chi connectivity index (χ4v) is 5.19. The van der Waals surface area contributed by atoms with Crippen molar-refractivity contribution >= 4 is 49.4 Å². The van der Waals surface area contributed by atoms with Crippen molar-refractivity contribution in [2.24, 2.45) is 0 Å². The van der Waals surface area contributed by atoms with E-state index in [1.54, 1.807) is 11.8 Å². The van der Waals surface area contributed by atoms with Gasteiger partial charge in [0.15, 0.2) is 5.78 Å². The van der Waals surface area contributed by atoms with Crippen LogP contribution in [0.3, 0.4) is 0 Å². The summed E-state index contributed by atoms with van der Waals surface area (Å²) in [6.45, 7) is 0. The number of halogens is 2. The zero-order chi connectivity index (χ0) is 14.2. The van der Waals surface area contributed by atoms with E-state index in [2.05, 4.69) is 31.9 Å². The molecular weight excluding hydrogens is 400 g/mol. The number of fused-ring (bicyclic) bond motifs is 1. The summed E-state index contributed by atoms with van der Waals surface area (Å²) >= 11 is 9.16. The van der Waals surface area contributed by atoms with Gasteiger partial charge in [-0.2, -0.15) is 0 Å². The van der Waals surface area contributed by atoms with Crippen LogP contribution in [0.25, 0.3) is 0 Å². The van der Waals surface area contributed by atoms with Crippen LogP contribution in [0.15, 0.2) is 59.5 Å². The Balaban J connectivity index is 2.00. The maximum Gasteiger partial charge on any atom is 0.182 e. The molecule has 2 aromatic carbocycles. The van der Waals surface area contributed by atoms with E-state index in [4.69, 9.17) is 0 Å². The molecule has 0 aliphatic carbocycles. The molecule has 0 N–H and O–H groups in total. The van der Waals surface area contributed by atoms with Crippen molar-refractivity contribution < 1.29 is 4.79 Å². The first-order valence-electron chi connectivity index (χ1n) is 6.27. The van der Waals surface area contributed by atoms with Gasteiger partial charge in [-0.3, -0.25) is 4.79 Å². The third kappa shape index (κ3) is 2.38. The van der Waals surface area contributed by atoms with Crippen LogP contribution in [-0.4, -0.2) is 15.9 Å². The molecule has 0 bridgehead atoms. The van der Waals surface area contributed by atoms with Gasteiger partial charge in [-0.25, -0.2) is 0 Å². The SMILES string of the molecule is O=C1c2ccccc2SC[C@@]1(Br)[C@H](Br)c1ccccc1. The van der Waals surface area contributed by atoms with Crippen molar-refractivity contribution in [1.82, 2.24) is 0 Å². The summed E-state index contributed by atoms with van der Waals surface area (Å²) in [6, 6.07) is 17.9. The fourth-order valence-electron chi connectivity index (χ4n) is 2.33. The van der Waals surface area contributed by atoms with Gasteiger partial charge in [0.1, 0.15) is 4.32 Å². The van der Waals surface area contributed by atoms with Gasteiger partial charge in [-0.05, 0) is 11.6 Å². The molecule has 1 heterocycles. The molecule has 2 atom stereocenters. The van der Waals surface area contributed by atoms with Gasteiger partial charge >= 0.3 is 0 Å². The van der Waals surface area contributed by atoms with Crippen LogP contribution in [0.2, 0.25) is 0 Å². The molecule has 4 heteroatoms. The van der Waals surface area contributed by atoms with Crippen molar-refractivity contribution in [2.75, 3.05) is 5.75 Å². The maximum atomic E-state index is 12.9. The number of rotatable bonds is 2. The molecule has 0 unspecified atom stereocenters. The van der Waals surface area contributed by atoms with Gasteiger partial charge < -0.3 is 0 Å². The summed E-state index contributed by atoms with van der Waals surface area (Å²) < 4.78 is -0.604. The molecule has 1 nitrogen and oxygen atoms in total. The van der Waals surface area contributed by atoms with Crippen molar-refractivity contribution in [1.29, 1.82) is 0 Å². The van der Waals surface area contributed by atoms with Crippen molar-refractivity contribution in [3.63, 3.8) is 0 Å². The van der Waals surface area contributed by atoms with Crippen LogP contribution in [0.1, 0.15) is 20.7 Å². The Labute approximate surface area is 139 Å². The zero-order valence-electron chi connectivity index (χ0n) is 10.6. The molecule has 0 spiro atoms. The smallest absolute Gasteiger partial charge is 0.182 e.